The fourth-order valence-corrected chi connectivity index (χ4v) is 2.44. The molecular weight excluding hydrogens is 343 g/mol. The summed E-state index contributed by atoms with van der Waals surface area (Å²) in [5.41, 5.74) is -0.968. The van der Waals surface area contributed by atoms with Crippen molar-refractivity contribution < 1.29 is 30.8 Å². The Kier molecular flexibility index (Phi) is 4.07. The average molecular weight is 348 g/mol. The van der Waals surface area contributed by atoms with Crippen LogP contribution in [0.4, 0.5) is 22.0 Å². The highest BCUT2D eigenvalue weighted by molar-refractivity contribution is 7.98. The van der Waals surface area contributed by atoms with Gasteiger partial charge in [0.25, 0.3) is 11.1 Å². The van der Waals surface area contributed by atoms with Crippen LogP contribution in [0.25, 0.3) is 11.7 Å². The molecule has 1 aromatic carbocycles. The maximum atomic E-state index is 13.5. The van der Waals surface area contributed by atoms with Crippen molar-refractivity contribution >= 4 is 11.8 Å². The maximum Gasteiger partial charge on any atom is 0.284 e. The predicted octanol–water partition coefficient (Wildman–Crippen LogP) is 4.32. The van der Waals surface area contributed by atoms with E-state index >= 15 is 0 Å². The zero-order valence-electron chi connectivity index (χ0n) is 10.9. The van der Waals surface area contributed by atoms with E-state index in [0.29, 0.717) is 11.8 Å². The smallest absolute Gasteiger partial charge is 0.284 e. The number of nitrogens with zero attached hydrogens (tertiary/aromatic N) is 2. The highest BCUT2D eigenvalue weighted by atomic mass is 32.2. The van der Waals surface area contributed by atoms with E-state index in [1.165, 1.54) is 6.26 Å². The van der Waals surface area contributed by atoms with E-state index in [9.17, 15) is 22.0 Å². The summed E-state index contributed by atoms with van der Waals surface area (Å²) >= 11 is 0.625. The Bertz CT molecular complexity index is 821. The Balaban J connectivity index is 1.82. The molecule has 0 aliphatic rings. The molecule has 0 unspecified atom stereocenters. The number of thioether (sulfide) groups is 1. The van der Waals surface area contributed by atoms with Crippen molar-refractivity contribution in [2.45, 2.75) is 11.0 Å². The minimum Gasteiger partial charge on any atom is -0.459 e. The van der Waals surface area contributed by atoms with Crippen LogP contribution in [0.15, 0.2) is 32.5 Å². The van der Waals surface area contributed by atoms with Gasteiger partial charge >= 0.3 is 0 Å². The molecule has 0 saturated carbocycles. The molecule has 3 rings (SSSR count). The number of rotatable bonds is 4. The van der Waals surface area contributed by atoms with E-state index < -0.39 is 40.4 Å². The van der Waals surface area contributed by atoms with Gasteiger partial charge in [-0.1, -0.05) is 11.8 Å². The molecule has 23 heavy (non-hydrogen) atoms. The van der Waals surface area contributed by atoms with Gasteiger partial charge in [-0.3, -0.25) is 0 Å². The van der Waals surface area contributed by atoms with Crippen molar-refractivity contribution in [3.63, 3.8) is 0 Å². The number of hydrogen-bond donors (Lipinski definition) is 0. The summed E-state index contributed by atoms with van der Waals surface area (Å²) in [5, 5.41) is 7.12. The van der Waals surface area contributed by atoms with Crippen LogP contribution in [0.5, 0.6) is 0 Å². The first-order chi connectivity index (χ1) is 11.0. The van der Waals surface area contributed by atoms with Crippen molar-refractivity contribution in [1.29, 1.82) is 0 Å². The SMILES string of the molecule is Fc1c(F)c(F)c(CSc2nnc(-c3ccco3)o2)c(F)c1F. The van der Waals surface area contributed by atoms with Crippen LogP contribution in [0.1, 0.15) is 5.56 Å². The van der Waals surface area contributed by atoms with Crippen molar-refractivity contribution in [3.05, 3.63) is 53.0 Å². The van der Waals surface area contributed by atoms with Gasteiger partial charge in [0.15, 0.2) is 29.0 Å². The van der Waals surface area contributed by atoms with Gasteiger partial charge in [0.2, 0.25) is 5.82 Å². The second-order valence-corrected chi connectivity index (χ2v) is 5.11. The van der Waals surface area contributed by atoms with E-state index in [1.807, 2.05) is 0 Å². The van der Waals surface area contributed by atoms with Gasteiger partial charge in [-0.05, 0) is 12.1 Å². The van der Waals surface area contributed by atoms with E-state index in [1.54, 1.807) is 12.1 Å². The summed E-state index contributed by atoms with van der Waals surface area (Å²) in [6.45, 7) is 0. The molecule has 0 N–H and O–H groups in total. The molecule has 0 saturated heterocycles. The first kappa shape index (κ1) is 15.5. The molecule has 0 bridgehead atoms. The normalized spacial score (nSPS) is 11.2. The lowest BCUT2D eigenvalue weighted by Crippen LogP contribution is -2.06. The zero-order valence-corrected chi connectivity index (χ0v) is 11.8. The number of hydrogen-bond acceptors (Lipinski definition) is 5. The van der Waals surface area contributed by atoms with Gasteiger partial charge in [0, 0.05) is 11.3 Å². The molecular formula is C13H5F5N2O2S. The van der Waals surface area contributed by atoms with E-state index in [-0.39, 0.29) is 16.9 Å². The van der Waals surface area contributed by atoms with Crippen LogP contribution >= 0.6 is 11.8 Å². The van der Waals surface area contributed by atoms with E-state index in [4.69, 9.17) is 8.83 Å². The number of aromatic nitrogens is 2. The second kappa shape index (κ2) is 6.03. The molecule has 0 aliphatic heterocycles. The summed E-state index contributed by atoms with van der Waals surface area (Å²) in [6.07, 6.45) is 1.38. The summed E-state index contributed by atoms with van der Waals surface area (Å²) in [4.78, 5) is 0. The Morgan fingerprint density at radius 1 is 0.913 bits per heavy atom. The molecule has 0 fully saturated rings. The van der Waals surface area contributed by atoms with Gasteiger partial charge in [-0.2, -0.15) is 0 Å². The van der Waals surface area contributed by atoms with Gasteiger partial charge < -0.3 is 8.83 Å². The summed E-state index contributed by atoms with van der Waals surface area (Å²) in [5.74, 6) is -10.3. The van der Waals surface area contributed by atoms with E-state index in [0.717, 1.165) is 0 Å². The molecule has 0 atom stereocenters. The molecule has 0 aliphatic carbocycles. The van der Waals surface area contributed by atoms with Crippen LogP contribution in [-0.2, 0) is 5.75 Å². The Morgan fingerprint density at radius 2 is 1.57 bits per heavy atom. The number of furan rings is 1. The summed E-state index contributed by atoms with van der Waals surface area (Å²) in [7, 11) is 0. The molecule has 3 aromatic rings. The summed E-state index contributed by atoms with van der Waals surface area (Å²) in [6, 6.07) is 3.13. The van der Waals surface area contributed by atoms with Crippen LogP contribution in [0, 0.1) is 29.1 Å². The van der Waals surface area contributed by atoms with Crippen LogP contribution < -0.4 is 0 Å². The molecule has 120 valence electrons. The first-order valence-corrected chi connectivity index (χ1v) is 6.98. The van der Waals surface area contributed by atoms with Crippen LogP contribution in [-0.4, -0.2) is 10.2 Å². The molecule has 2 heterocycles. The standard InChI is InChI=1S/C13H5F5N2O2S/c14-7-5(8(15)10(17)11(18)9(7)16)4-23-13-20-19-12(22-13)6-2-1-3-21-6/h1-3H,4H2. The fourth-order valence-electron chi connectivity index (χ4n) is 1.68. The van der Waals surface area contributed by atoms with Gasteiger partial charge in [0.05, 0.1) is 6.26 Å². The highest BCUT2D eigenvalue weighted by Crippen LogP contribution is 2.30. The topological polar surface area (TPSA) is 52.1 Å². The Labute approximate surface area is 129 Å². The lowest BCUT2D eigenvalue weighted by atomic mass is 10.2. The maximum absolute atomic E-state index is 13.5. The zero-order chi connectivity index (χ0) is 16.6. The third-order valence-electron chi connectivity index (χ3n) is 2.78. The van der Waals surface area contributed by atoms with Crippen LogP contribution in [0.3, 0.4) is 0 Å². The number of halogens is 5. The first-order valence-electron chi connectivity index (χ1n) is 5.99. The Morgan fingerprint density at radius 3 is 2.17 bits per heavy atom. The van der Waals surface area contributed by atoms with Crippen LogP contribution in [0.2, 0.25) is 0 Å². The highest BCUT2D eigenvalue weighted by Gasteiger charge is 2.26. The minimum atomic E-state index is -2.20. The lowest BCUT2D eigenvalue weighted by molar-refractivity contribution is 0.372. The molecule has 0 radical (unpaired) electrons. The van der Waals surface area contributed by atoms with Gasteiger partial charge in [0.1, 0.15) is 0 Å². The molecule has 0 spiro atoms. The third-order valence-corrected chi connectivity index (χ3v) is 3.62. The number of benzene rings is 1. The van der Waals surface area contributed by atoms with Crippen molar-refractivity contribution in [2.75, 3.05) is 0 Å². The van der Waals surface area contributed by atoms with Crippen molar-refractivity contribution in [3.8, 4) is 11.7 Å². The van der Waals surface area contributed by atoms with Gasteiger partial charge in [-0.15, -0.1) is 10.2 Å². The van der Waals surface area contributed by atoms with E-state index in [2.05, 4.69) is 10.2 Å². The lowest BCUT2D eigenvalue weighted by Gasteiger charge is -2.06. The molecule has 10 heteroatoms. The second-order valence-electron chi connectivity index (χ2n) is 4.19. The Hall–Kier alpha value is -2.36. The minimum absolute atomic E-state index is 0.0231. The van der Waals surface area contributed by atoms with Crippen molar-refractivity contribution in [2.24, 2.45) is 0 Å². The average Bonchev–Trinajstić information content (AvgIpc) is 3.22. The molecule has 4 nitrogen and oxygen atoms in total. The monoisotopic (exact) mass is 348 g/mol. The van der Waals surface area contributed by atoms with Gasteiger partial charge in [-0.25, -0.2) is 22.0 Å². The fraction of sp³-hybridized carbons (Fsp3) is 0.0769. The largest absolute Gasteiger partial charge is 0.459 e. The quantitative estimate of drug-likeness (QED) is 0.304. The molecule has 0 amide bonds. The van der Waals surface area contributed by atoms with Crippen molar-refractivity contribution in [1.82, 2.24) is 10.2 Å². The molecule has 2 aromatic heterocycles. The summed E-state index contributed by atoms with van der Waals surface area (Å²) < 4.78 is 76.3. The predicted molar refractivity (Wildman–Crippen MR) is 67.8 cm³/mol. The third kappa shape index (κ3) is 2.81.